The predicted octanol–water partition coefficient (Wildman–Crippen LogP) is 2.61. The number of carbonyl (C=O) groups excluding carboxylic acids is 2. The maximum atomic E-state index is 13.7. The Hall–Kier alpha value is -4.54. The van der Waals surface area contributed by atoms with Crippen LogP contribution in [0.3, 0.4) is 0 Å². The number of aromatic hydroxyl groups is 1. The number of amides is 2. The smallest absolute Gasteiger partial charge is 0.294 e. The second-order valence-corrected chi connectivity index (χ2v) is 7.69. The van der Waals surface area contributed by atoms with Gasteiger partial charge >= 0.3 is 0 Å². The van der Waals surface area contributed by atoms with E-state index in [1.807, 2.05) is 6.07 Å². The zero-order chi connectivity index (χ0) is 23.8. The molecule has 0 radical (unpaired) electrons. The van der Waals surface area contributed by atoms with Crippen molar-refractivity contribution in [2.45, 2.75) is 19.3 Å². The van der Waals surface area contributed by atoms with Gasteiger partial charge in [-0.2, -0.15) is 10.2 Å². The van der Waals surface area contributed by atoms with E-state index < -0.39 is 23.4 Å². The number of fused-ring (bicyclic) bond motifs is 1. The van der Waals surface area contributed by atoms with Crippen LogP contribution in [0.5, 0.6) is 5.75 Å². The van der Waals surface area contributed by atoms with Gasteiger partial charge in [0.05, 0.1) is 17.6 Å². The number of carbonyl (C=O) groups is 2. The molecular formula is C23H18F2N6O3. The van der Waals surface area contributed by atoms with Crippen LogP contribution in [0, 0.1) is 11.6 Å². The van der Waals surface area contributed by atoms with Gasteiger partial charge in [-0.15, -0.1) is 0 Å². The van der Waals surface area contributed by atoms with Crippen LogP contribution in [-0.4, -0.2) is 36.5 Å². The van der Waals surface area contributed by atoms with Crippen molar-refractivity contribution in [2.24, 2.45) is 0 Å². The molecule has 4 aromatic rings. The average molecular weight is 464 g/mol. The Morgan fingerprint density at radius 2 is 1.62 bits per heavy atom. The van der Waals surface area contributed by atoms with Crippen molar-refractivity contribution in [2.75, 3.05) is 0 Å². The highest BCUT2D eigenvalue weighted by Gasteiger charge is 2.28. The first kappa shape index (κ1) is 21.3. The summed E-state index contributed by atoms with van der Waals surface area (Å²) in [6.07, 6.45) is 3.25. The second kappa shape index (κ2) is 8.43. The maximum absolute atomic E-state index is 13.7. The molecule has 0 saturated carbocycles. The van der Waals surface area contributed by atoms with Crippen molar-refractivity contribution in [1.82, 2.24) is 30.4 Å². The van der Waals surface area contributed by atoms with E-state index in [1.165, 1.54) is 21.6 Å². The molecule has 34 heavy (non-hydrogen) atoms. The summed E-state index contributed by atoms with van der Waals surface area (Å²) < 4.78 is 29.8. The zero-order valence-electron chi connectivity index (χ0n) is 17.6. The number of rotatable bonds is 4. The van der Waals surface area contributed by atoms with E-state index in [-0.39, 0.29) is 22.8 Å². The number of halogens is 2. The Morgan fingerprint density at radius 3 is 2.35 bits per heavy atom. The van der Waals surface area contributed by atoms with Crippen molar-refractivity contribution in [3.05, 3.63) is 89.0 Å². The third-order valence-electron chi connectivity index (χ3n) is 5.51. The number of nitrogens with zero attached hydrogens (tertiary/aromatic N) is 4. The molecule has 172 valence electrons. The molecular weight excluding hydrogens is 446 g/mol. The summed E-state index contributed by atoms with van der Waals surface area (Å²) in [5.41, 5.74) is 6.62. The van der Waals surface area contributed by atoms with Crippen LogP contribution in [0.25, 0.3) is 11.4 Å². The van der Waals surface area contributed by atoms with Gasteiger partial charge in [-0.1, -0.05) is 18.2 Å². The number of aromatic nitrogens is 4. The van der Waals surface area contributed by atoms with E-state index in [4.69, 9.17) is 0 Å². The summed E-state index contributed by atoms with van der Waals surface area (Å²) in [6, 6.07) is 12.3. The highest BCUT2D eigenvalue weighted by atomic mass is 19.2. The van der Waals surface area contributed by atoms with Crippen LogP contribution in [0.4, 0.5) is 8.78 Å². The molecule has 2 aromatic heterocycles. The first-order chi connectivity index (χ1) is 16.4. The number of para-hydroxylation sites is 1. The van der Waals surface area contributed by atoms with Gasteiger partial charge in [-0.25, -0.2) is 18.1 Å². The fraction of sp³-hybridized carbons (Fsp3) is 0.130. The fourth-order valence-electron chi connectivity index (χ4n) is 3.92. The molecule has 1 aliphatic rings. The van der Waals surface area contributed by atoms with E-state index >= 15 is 0 Å². The predicted molar refractivity (Wildman–Crippen MR) is 116 cm³/mol. The molecule has 5 rings (SSSR count). The van der Waals surface area contributed by atoms with Crippen LogP contribution < -0.4 is 10.9 Å². The lowest BCUT2D eigenvalue weighted by Crippen LogP contribution is -2.42. The van der Waals surface area contributed by atoms with Crippen LogP contribution in [-0.2, 0) is 12.8 Å². The van der Waals surface area contributed by atoms with Gasteiger partial charge in [0.25, 0.3) is 11.8 Å². The summed E-state index contributed by atoms with van der Waals surface area (Å²) in [4.78, 5) is 25.3. The Balaban J connectivity index is 1.34. The van der Waals surface area contributed by atoms with E-state index in [2.05, 4.69) is 21.0 Å². The molecule has 0 fully saturated rings. The van der Waals surface area contributed by atoms with Crippen molar-refractivity contribution in [3.63, 3.8) is 0 Å². The topological polar surface area (TPSA) is 114 Å². The fourth-order valence-corrected chi connectivity index (χ4v) is 3.92. The van der Waals surface area contributed by atoms with Crippen LogP contribution in [0.15, 0.2) is 54.7 Å². The normalized spacial score (nSPS) is 12.4. The molecule has 0 spiro atoms. The standard InChI is InChI=1S/C23H18F2N6O3/c24-16-10-9-14(11-17(16)25)31-18-8-4-7-15(18)20(29-31)22(33)26-27-23(34)21-19(32)12-30(28-21)13-5-2-1-3-6-13/h1-3,5-6,9-12,32H,4,7-8H2,(H,26,33)(H,27,34). The molecule has 11 heteroatoms. The van der Waals surface area contributed by atoms with E-state index in [1.54, 1.807) is 24.3 Å². The Labute approximate surface area is 191 Å². The number of benzene rings is 2. The quantitative estimate of drug-likeness (QED) is 0.402. The number of hydrazine groups is 1. The average Bonchev–Trinajstić information content (AvgIpc) is 3.55. The van der Waals surface area contributed by atoms with Gasteiger partial charge < -0.3 is 5.11 Å². The Morgan fingerprint density at radius 1 is 0.882 bits per heavy atom. The largest absolute Gasteiger partial charge is 0.504 e. The third kappa shape index (κ3) is 3.76. The van der Waals surface area contributed by atoms with E-state index in [0.717, 1.165) is 24.2 Å². The van der Waals surface area contributed by atoms with Crippen molar-refractivity contribution >= 4 is 11.8 Å². The van der Waals surface area contributed by atoms with Gasteiger partial charge in [0.15, 0.2) is 28.8 Å². The van der Waals surface area contributed by atoms with Crippen molar-refractivity contribution in [3.8, 4) is 17.1 Å². The minimum atomic E-state index is -1.02. The first-order valence-corrected chi connectivity index (χ1v) is 10.4. The van der Waals surface area contributed by atoms with Gasteiger partial charge in [-0.3, -0.25) is 20.4 Å². The second-order valence-electron chi connectivity index (χ2n) is 7.69. The monoisotopic (exact) mass is 464 g/mol. The lowest BCUT2D eigenvalue weighted by Gasteiger charge is -2.06. The summed E-state index contributed by atoms with van der Waals surface area (Å²) in [7, 11) is 0. The first-order valence-electron chi connectivity index (χ1n) is 10.4. The highest BCUT2D eigenvalue weighted by molar-refractivity contribution is 5.99. The van der Waals surface area contributed by atoms with Crippen LogP contribution in [0.2, 0.25) is 0 Å². The molecule has 2 amide bonds. The molecule has 1 aliphatic carbocycles. The molecule has 0 unspecified atom stereocenters. The van der Waals surface area contributed by atoms with Gasteiger partial charge in [0, 0.05) is 17.3 Å². The zero-order valence-corrected chi connectivity index (χ0v) is 17.6. The number of hydrogen-bond acceptors (Lipinski definition) is 5. The van der Waals surface area contributed by atoms with E-state index in [0.29, 0.717) is 24.1 Å². The molecule has 2 heterocycles. The van der Waals surface area contributed by atoms with Gasteiger partial charge in [0.1, 0.15) is 0 Å². The summed E-state index contributed by atoms with van der Waals surface area (Å²) in [5.74, 6) is -3.87. The Bertz CT molecular complexity index is 1410. The van der Waals surface area contributed by atoms with Crippen molar-refractivity contribution in [1.29, 1.82) is 0 Å². The lowest BCUT2D eigenvalue weighted by molar-refractivity contribution is 0.0838. The minimum absolute atomic E-state index is 0.0663. The SMILES string of the molecule is O=C(NNC(=O)c1nn(-c2ccc(F)c(F)c2)c2c1CCC2)c1nn(-c2ccccc2)cc1O. The van der Waals surface area contributed by atoms with E-state index in [9.17, 15) is 23.5 Å². The van der Waals surface area contributed by atoms with Crippen LogP contribution >= 0.6 is 0 Å². The van der Waals surface area contributed by atoms with Gasteiger partial charge in [-0.05, 0) is 43.5 Å². The number of hydrogen-bond donors (Lipinski definition) is 3. The molecule has 0 bridgehead atoms. The highest BCUT2D eigenvalue weighted by Crippen LogP contribution is 2.28. The van der Waals surface area contributed by atoms with Crippen LogP contribution in [0.1, 0.15) is 38.7 Å². The lowest BCUT2D eigenvalue weighted by atomic mass is 10.2. The number of nitrogens with one attached hydrogen (secondary N) is 2. The molecule has 0 aliphatic heterocycles. The minimum Gasteiger partial charge on any atom is -0.504 e. The summed E-state index contributed by atoms with van der Waals surface area (Å²) >= 11 is 0. The molecule has 2 aromatic carbocycles. The maximum Gasteiger partial charge on any atom is 0.294 e. The molecule has 9 nitrogen and oxygen atoms in total. The molecule has 0 atom stereocenters. The summed E-state index contributed by atoms with van der Waals surface area (Å²) in [6.45, 7) is 0. The molecule has 3 N–H and O–H groups in total. The third-order valence-corrected chi connectivity index (χ3v) is 5.51. The summed E-state index contributed by atoms with van der Waals surface area (Å²) in [5, 5.41) is 18.5. The molecule has 0 saturated heterocycles. The van der Waals surface area contributed by atoms with Crippen molar-refractivity contribution < 1.29 is 23.5 Å². The Kier molecular flexibility index (Phi) is 5.28. The van der Waals surface area contributed by atoms with Gasteiger partial charge in [0.2, 0.25) is 0 Å².